The van der Waals surface area contributed by atoms with Crippen LogP contribution in [0.3, 0.4) is 0 Å². The molecule has 0 aromatic heterocycles. The van der Waals surface area contributed by atoms with E-state index in [0.29, 0.717) is 12.5 Å². The van der Waals surface area contributed by atoms with Crippen molar-refractivity contribution in [1.29, 1.82) is 0 Å². The van der Waals surface area contributed by atoms with E-state index in [1.165, 1.54) is 19.3 Å². The van der Waals surface area contributed by atoms with Crippen molar-refractivity contribution >= 4 is 5.91 Å². The van der Waals surface area contributed by atoms with Gasteiger partial charge in [0.15, 0.2) is 0 Å². The Labute approximate surface area is 158 Å². The maximum Gasteiger partial charge on any atom is 0.234 e. The van der Waals surface area contributed by atoms with Gasteiger partial charge >= 0.3 is 0 Å². The van der Waals surface area contributed by atoms with Gasteiger partial charge in [0.25, 0.3) is 0 Å². The summed E-state index contributed by atoms with van der Waals surface area (Å²) in [5.41, 5.74) is 1.12. The molecule has 1 aromatic carbocycles. The number of amides is 1. The number of likely N-dealkylation sites (tertiary alicyclic amines) is 1. The number of carbonyl (C=O) groups excluding carboxylic acids is 1. The van der Waals surface area contributed by atoms with Crippen LogP contribution >= 0.6 is 0 Å². The monoisotopic (exact) mass is 361 g/mol. The zero-order valence-corrected chi connectivity index (χ0v) is 16.8. The van der Waals surface area contributed by atoms with E-state index in [9.17, 15) is 4.79 Å². The lowest BCUT2D eigenvalue weighted by Gasteiger charge is -2.32. The molecule has 5 nitrogen and oxygen atoms in total. The maximum atomic E-state index is 12.6. The molecule has 1 amide bonds. The highest BCUT2D eigenvalue weighted by Gasteiger charge is 2.23. The topological polar surface area (TPSA) is 53.6 Å². The molecule has 0 saturated carbocycles. The first-order valence-electron chi connectivity index (χ1n) is 9.83. The van der Waals surface area contributed by atoms with Crippen LogP contribution in [0.25, 0.3) is 0 Å². The largest absolute Gasteiger partial charge is 0.497 e. The summed E-state index contributed by atoms with van der Waals surface area (Å²) in [6, 6.07) is 8.01. The standard InChI is InChI=1S/C21H35N3O2/c1-16(2)21(18-5-7-19(26-4)8-6-18)23-20(25)15-24-13-10-17(11-14-24)9-12-22-3/h5-8,16-17,21-22H,9-15H2,1-4H3,(H,23,25). The second-order valence-electron chi connectivity index (χ2n) is 7.67. The van der Waals surface area contributed by atoms with Crippen molar-refractivity contribution in [2.75, 3.05) is 40.3 Å². The number of nitrogens with zero attached hydrogens (tertiary/aromatic N) is 1. The average Bonchev–Trinajstić information content (AvgIpc) is 2.65. The summed E-state index contributed by atoms with van der Waals surface area (Å²) in [4.78, 5) is 14.9. The molecule has 0 bridgehead atoms. The van der Waals surface area contributed by atoms with Crippen LogP contribution in [0, 0.1) is 11.8 Å². The van der Waals surface area contributed by atoms with Crippen LogP contribution in [0.15, 0.2) is 24.3 Å². The Hall–Kier alpha value is -1.59. The highest BCUT2D eigenvalue weighted by atomic mass is 16.5. The molecule has 2 rings (SSSR count). The van der Waals surface area contributed by atoms with Gasteiger partial charge in [0.2, 0.25) is 5.91 Å². The van der Waals surface area contributed by atoms with Gasteiger partial charge in [0.05, 0.1) is 19.7 Å². The highest BCUT2D eigenvalue weighted by Crippen LogP contribution is 2.24. The average molecular weight is 362 g/mol. The number of piperidine rings is 1. The lowest BCUT2D eigenvalue weighted by molar-refractivity contribution is -0.123. The summed E-state index contributed by atoms with van der Waals surface area (Å²) in [5, 5.41) is 6.46. The van der Waals surface area contributed by atoms with Crippen LogP contribution < -0.4 is 15.4 Å². The lowest BCUT2D eigenvalue weighted by atomic mass is 9.93. The fraction of sp³-hybridized carbons (Fsp3) is 0.667. The molecule has 2 N–H and O–H groups in total. The van der Waals surface area contributed by atoms with Crippen molar-refractivity contribution in [2.24, 2.45) is 11.8 Å². The predicted octanol–water partition coefficient (Wildman–Crippen LogP) is 2.83. The molecular weight excluding hydrogens is 326 g/mol. The van der Waals surface area contributed by atoms with Gasteiger partial charge in [-0.3, -0.25) is 9.69 Å². The zero-order valence-electron chi connectivity index (χ0n) is 16.8. The van der Waals surface area contributed by atoms with E-state index in [4.69, 9.17) is 4.74 Å². The third-order valence-electron chi connectivity index (χ3n) is 5.34. The van der Waals surface area contributed by atoms with Crippen molar-refractivity contribution < 1.29 is 9.53 Å². The molecule has 1 aromatic rings. The van der Waals surface area contributed by atoms with E-state index >= 15 is 0 Å². The summed E-state index contributed by atoms with van der Waals surface area (Å²) < 4.78 is 5.23. The number of rotatable bonds is 9. The molecule has 0 spiro atoms. The minimum atomic E-state index is 0.0292. The van der Waals surface area contributed by atoms with E-state index in [2.05, 4.69) is 29.4 Å². The quantitative estimate of drug-likeness (QED) is 0.710. The molecule has 1 unspecified atom stereocenters. The molecule has 0 radical (unpaired) electrons. The van der Waals surface area contributed by atoms with E-state index in [1.54, 1.807) is 7.11 Å². The zero-order chi connectivity index (χ0) is 18.9. The minimum Gasteiger partial charge on any atom is -0.497 e. The van der Waals surface area contributed by atoms with Gasteiger partial charge in [-0.15, -0.1) is 0 Å². The number of carbonyl (C=O) groups is 1. The third-order valence-corrected chi connectivity index (χ3v) is 5.34. The van der Waals surface area contributed by atoms with Crippen LogP contribution in [0.5, 0.6) is 5.75 Å². The van der Waals surface area contributed by atoms with Crippen LogP contribution in [0.2, 0.25) is 0 Å². The molecular formula is C21H35N3O2. The van der Waals surface area contributed by atoms with Crippen molar-refractivity contribution in [1.82, 2.24) is 15.5 Å². The summed E-state index contributed by atoms with van der Waals surface area (Å²) in [7, 11) is 3.67. The molecule has 1 heterocycles. The predicted molar refractivity (Wildman–Crippen MR) is 106 cm³/mol. The van der Waals surface area contributed by atoms with Gasteiger partial charge in [-0.25, -0.2) is 0 Å². The molecule has 1 saturated heterocycles. The molecule has 5 heteroatoms. The molecule has 0 aliphatic carbocycles. The Balaban J connectivity index is 1.84. The Morgan fingerprint density at radius 2 is 1.88 bits per heavy atom. The summed E-state index contributed by atoms with van der Waals surface area (Å²) in [6.45, 7) is 7.92. The van der Waals surface area contributed by atoms with Gasteiger partial charge in [-0.1, -0.05) is 26.0 Å². The number of nitrogens with one attached hydrogen (secondary N) is 2. The molecule has 26 heavy (non-hydrogen) atoms. The third kappa shape index (κ3) is 6.29. The first-order valence-corrected chi connectivity index (χ1v) is 9.83. The SMILES string of the molecule is CNCCC1CCN(CC(=O)NC(c2ccc(OC)cc2)C(C)C)CC1. The van der Waals surface area contributed by atoms with Crippen LogP contribution in [-0.2, 0) is 4.79 Å². The normalized spacial score (nSPS) is 17.3. The first kappa shape index (κ1) is 20.7. The van der Waals surface area contributed by atoms with Gasteiger partial charge in [0.1, 0.15) is 5.75 Å². The van der Waals surface area contributed by atoms with E-state index < -0.39 is 0 Å². The summed E-state index contributed by atoms with van der Waals surface area (Å²) >= 11 is 0. The number of ether oxygens (including phenoxy) is 1. The fourth-order valence-electron chi connectivity index (χ4n) is 3.65. The Bertz CT molecular complexity index is 537. The number of methoxy groups -OCH3 is 1. The molecule has 146 valence electrons. The lowest BCUT2D eigenvalue weighted by Crippen LogP contribution is -2.43. The summed E-state index contributed by atoms with van der Waals surface area (Å²) in [6.07, 6.45) is 3.63. The van der Waals surface area contributed by atoms with Crippen LogP contribution in [0.4, 0.5) is 0 Å². The number of hydrogen-bond donors (Lipinski definition) is 2. The summed E-state index contributed by atoms with van der Waals surface area (Å²) in [5.74, 6) is 2.08. The van der Waals surface area contributed by atoms with Crippen molar-refractivity contribution in [3.8, 4) is 5.75 Å². The number of hydrogen-bond acceptors (Lipinski definition) is 4. The van der Waals surface area contributed by atoms with Crippen molar-refractivity contribution in [3.63, 3.8) is 0 Å². The van der Waals surface area contributed by atoms with E-state index in [-0.39, 0.29) is 11.9 Å². The van der Waals surface area contributed by atoms with Crippen LogP contribution in [-0.4, -0.2) is 51.1 Å². The van der Waals surface area contributed by atoms with Gasteiger partial charge in [-0.2, -0.15) is 0 Å². The van der Waals surface area contributed by atoms with E-state index in [0.717, 1.165) is 36.9 Å². The second-order valence-corrected chi connectivity index (χ2v) is 7.67. The van der Waals surface area contributed by atoms with Crippen molar-refractivity contribution in [2.45, 2.75) is 39.2 Å². The van der Waals surface area contributed by atoms with Crippen LogP contribution in [0.1, 0.15) is 44.7 Å². The molecule has 1 fully saturated rings. The van der Waals surface area contributed by atoms with Gasteiger partial charge in [0, 0.05) is 0 Å². The fourth-order valence-corrected chi connectivity index (χ4v) is 3.65. The molecule has 1 aliphatic rings. The van der Waals surface area contributed by atoms with E-state index in [1.807, 2.05) is 31.3 Å². The molecule has 1 aliphatic heterocycles. The Morgan fingerprint density at radius 3 is 2.42 bits per heavy atom. The van der Waals surface area contributed by atoms with Gasteiger partial charge < -0.3 is 15.4 Å². The maximum absolute atomic E-state index is 12.6. The molecule has 1 atom stereocenters. The number of benzene rings is 1. The highest BCUT2D eigenvalue weighted by molar-refractivity contribution is 5.78. The minimum absolute atomic E-state index is 0.0292. The van der Waals surface area contributed by atoms with Crippen molar-refractivity contribution in [3.05, 3.63) is 29.8 Å². The smallest absolute Gasteiger partial charge is 0.234 e. The van der Waals surface area contributed by atoms with Gasteiger partial charge in [-0.05, 0) is 75.5 Å². The first-order chi connectivity index (χ1) is 12.5. The second kappa shape index (κ2) is 10.5. The Morgan fingerprint density at radius 1 is 1.23 bits per heavy atom. The Kier molecular flexibility index (Phi) is 8.39.